The van der Waals surface area contributed by atoms with Gasteiger partial charge < -0.3 is 4.90 Å². The molecule has 0 saturated carbocycles. The molecule has 0 unspecified atom stereocenters. The zero-order chi connectivity index (χ0) is 22.8. The van der Waals surface area contributed by atoms with Gasteiger partial charge in [0.25, 0.3) is 5.91 Å². The molecular weight excluding hydrogens is 436 g/mol. The third kappa shape index (κ3) is 4.35. The molecule has 5 rings (SSSR count). The minimum absolute atomic E-state index is 0.103. The molecule has 0 radical (unpaired) electrons. The lowest BCUT2D eigenvalue weighted by atomic mass is 10.1. The van der Waals surface area contributed by atoms with Gasteiger partial charge in [0.2, 0.25) is 10.0 Å². The molecule has 1 amide bonds. The lowest BCUT2D eigenvalue weighted by Gasteiger charge is -2.29. The summed E-state index contributed by atoms with van der Waals surface area (Å²) in [7, 11) is -3.33. The van der Waals surface area contributed by atoms with Gasteiger partial charge in [-0.1, -0.05) is 36.4 Å². The van der Waals surface area contributed by atoms with E-state index in [1.165, 1.54) is 4.31 Å². The average Bonchev–Trinajstić information content (AvgIpc) is 3.34. The van der Waals surface area contributed by atoms with Crippen LogP contribution in [0.25, 0.3) is 11.4 Å². The number of nitrogens with zero attached hydrogens (tertiary/aromatic N) is 4. The summed E-state index contributed by atoms with van der Waals surface area (Å²) in [5.74, 6) is 0.690. The Morgan fingerprint density at radius 3 is 2.61 bits per heavy atom. The van der Waals surface area contributed by atoms with Crippen LogP contribution in [0.1, 0.15) is 47.8 Å². The molecule has 1 aromatic heterocycles. The van der Waals surface area contributed by atoms with Crippen LogP contribution in [0.4, 0.5) is 5.69 Å². The Kier molecular flexibility index (Phi) is 5.85. The highest BCUT2D eigenvalue weighted by Crippen LogP contribution is 2.33. The van der Waals surface area contributed by atoms with E-state index in [0.717, 1.165) is 30.5 Å². The number of hydrogen-bond donors (Lipinski definition) is 0. The van der Waals surface area contributed by atoms with Crippen LogP contribution in [0.5, 0.6) is 0 Å². The van der Waals surface area contributed by atoms with E-state index in [1.807, 2.05) is 41.3 Å². The fourth-order valence-corrected chi connectivity index (χ4v) is 6.27. The summed E-state index contributed by atoms with van der Waals surface area (Å²) in [5.41, 5.74) is 2.82. The maximum absolute atomic E-state index is 13.5. The first-order valence-electron chi connectivity index (χ1n) is 11.3. The number of hydrogen-bond acceptors (Lipinski definition) is 5. The summed E-state index contributed by atoms with van der Waals surface area (Å²) >= 11 is 0. The molecule has 1 atom stereocenters. The average molecular weight is 463 g/mol. The molecule has 0 aliphatic carbocycles. The van der Waals surface area contributed by atoms with E-state index in [1.54, 1.807) is 30.5 Å². The molecule has 2 saturated heterocycles. The highest BCUT2D eigenvalue weighted by molar-refractivity contribution is 7.92. The van der Waals surface area contributed by atoms with Gasteiger partial charge in [-0.25, -0.2) is 18.4 Å². The highest BCUT2D eigenvalue weighted by Gasteiger charge is 2.33. The highest BCUT2D eigenvalue weighted by atomic mass is 32.2. The van der Waals surface area contributed by atoms with Crippen molar-refractivity contribution in [2.24, 2.45) is 0 Å². The SMILES string of the molecule is O=C(c1cccc(N2CCCCS2(=O)=O)c1)N1CCC[C@@H]1c1ccnc(-c2ccccc2)n1. The fraction of sp³-hybridized carbons (Fsp3) is 0.320. The first-order chi connectivity index (χ1) is 16.0. The van der Waals surface area contributed by atoms with E-state index in [9.17, 15) is 13.2 Å². The third-order valence-corrected chi connectivity index (χ3v) is 8.16. The van der Waals surface area contributed by atoms with Crippen LogP contribution in [-0.4, -0.2) is 48.0 Å². The van der Waals surface area contributed by atoms with Gasteiger partial charge in [0, 0.05) is 30.4 Å². The van der Waals surface area contributed by atoms with Gasteiger partial charge >= 0.3 is 0 Å². The number of sulfonamides is 1. The summed E-state index contributed by atoms with van der Waals surface area (Å²) in [4.78, 5) is 24.5. The van der Waals surface area contributed by atoms with Crippen LogP contribution in [0.2, 0.25) is 0 Å². The van der Waals surface area contributed by atoms with E-state index >= 15 is 0 Å². The molecule has 2 aliphatic heterocycles. The minimum atomic E-state index is -3.33. The second-order valence-electron chi connectivity index (χ2n) is 8.47. The smallest absolute Gasteiger partial charge is 0.254 e. The zero-order valence-electron chi connectivity index (χ0n) is 18.3. The number of rotatable bonds is 4. The van der Waals surface area contributed by atoms with Gasteiger partial charge in [-0.15, -0.1) is 0 Å². The van der Waals surface area contributed by atoms with Crippen LogP contribution < -0.4 is 4.31 Å². The predicted octanol–water partition coefficient (Wildman–Crippen LogP) is 4.05. The number of carbonyl (C=O) groups is 1. The van der Waals surface area contributed by atoms with Crippen molar-refractivity contribution in [2.75, 3.05) is 23.1 Å². The topological polar surface area (TPSA) is 83.5 Å². The molecule has 3 heterocycles. The van der Waals surface area contributed by atoms with Crippen molar-refractivity contribution in [2.45, 2.75) is 31.7 Å². The van der Waals surface area contributed by atoms with Crippen LogP contribution in [-0.2, 0) is 10.0 Å². The zero-order valence-corrected chi connectivity index (χ0v) is 19.1. The number of carbonyl (C=O) groups excluding carboxylic acids is 1. The second kappa shape index (κ2) is 8.94. The summed E-state index contributed by atoms with van der Waals surface area (Å²) < 4.78 is 26.5. The number of anilines is 1. The standard InChI is InChI=1S/C25H26N4O3S/c30-25(20-10-6-11-21(18-20)29-16-4-5-17-33(29,31)32)28-15-7-12-23(28)22-13-14-26-24(27-22)19-8-2-1-3-9-19/h1-3,6,8-11,13-14,18,23H,4-5,7,12,15-17H2/t23-/m1/s1. The van der Waals surface area contributed by atoms with Crippen molar-refractivity contribution in [3.8, 4) is 11.4 Å². The summed E-state index contributed by atoms with van der Waals surface area (Å²) in [6, 6.07) is 18.5. The molecule has 3 aromatic rings. The molecule has 0 spiro atoms. The van der Waals surface area contributed by atoms with Gasteiger partial charge in [-0.2, -0.15) is 0 Å². The van der Waals surface area contributed by atoms with Crippen molar-refractivity contribution in [3.05, 3.63) is 78.1 Å². The maximum atomic E-state index is 13.5. The van der Waals surface area contributed by atoms with Gasteiger partial charge in [0.05, 0.1) is 23.2 Å². The monoisotopic (exact) mass is 462 g/mol. The fourth-order valence-electron chi connectivity index (χ4n) is 4.64. The minimum Gasteiger partial charge on any atom is -0.330 e. The van der Waals surface area contributed by atoms with E-state index in [0.29, 0.717) is 36.6 Å². The van der Waals surface area contributed by atoms with Crippen molar-refractivity contribution < 1.29 is 13.2 Å². The van der Waals surface area contributed by atoms with E-state index in [4.69, 9.17) is 4.98 Å². The Morgan fingerprint density at radius 2 is 1.79 bits per heavy atom. The van der Waals surface area contributed by atoms with E-state index in [-0.39, 0.29) is 17.7 Å². The van der Waals surface area contributed by atoms with Gasteiger partial charge in [-0.05, 0) is 49.9 Å². The van der Waals surface area contributed by atoms with Crippen LogP contribution in [0.15, 0.2) is 66.9 Å². The Morgan fingerprint density at radius 1 is 0.939 bits per heavy atom. The summed E-state index contributed by atoms with van der Waals surface area (Å²) in [5, 5.41) is 0. The summed E-state index contributed by atoms with van der Waals surface area (Å²) in [6.45, 7) is 1.09. The number of amides is 1. The second-order valence-corrected chi connectivity index (χ2v) is 10.5. The largest absolute Gasteiger partial charge is 0.330 e. The molecule has 2 aromatic carbocycles. The molecule has 0 bridgehead atoms. The van der Waals surface area contributed by atoms with Crippen LogP contribution >= 0.6 is 0 Å². The number of aromatic nitrogens is 2. The molecule has 8 heteroatoms. The number of benzene rings is 2. The molecule has 2 fully saturated rings. The van der Waals surface area contributed by atoms with Crippen molar-refractivity contribution in [1.29, 1.82) is 0 Å². The molecule has 7 nitrogen and oxygen atoms in total. The van der Waals surface area contributed by atoms with Crippen LogP contribution in [0, 0.1) is 0 Å². The van der Waals surface area contributed by atoms with Crippen LogP contribution in [0.3, 0.4) is 0 Å². The number of likely N-dealkylation sites (tertiary alicyclic amines) is 1. The quantitative estimate of drug-likeness (QED) is 0.584. The summed E-state index contributed by atoms with van der Waals surface area (Å²) in [6.07, 6.45) is 4.96. The van der Waals surface area contributed by atoms with E-state index < -0.39 is 10.0 Å². The molecule has 0 N–H and O–H groups in total. The maximum Gasteiger partial charge on any atom is 0.254 e. The molecule has 33 heavy (non-hydrogen) atoms. The van der Waals surface area contributed by atoms with Crippen molar-refractivity contribution in [1.82, 2.24) is 14.9 Å². The van der Waals surface area contributed by atoms with E-state index in [2.05, 4.69) is 4.98 Å². The lowest BCUT2D eigenvalue weighted by Crippen LogP contribution is -2.38. The molecule has 170 valence electrons. The first-order valence-corrected chi connectivity index (χ1v) is 12.9. The normalized spacial score (nSPS) is 20.1. The Labute approximate surface area is 194 Å². The Hall–Kier alpha value is -3.26. The third-order valence-electron chi connectivity index (χ3n) is 6.29. The Balaban J connectivity index is 1.42. The van der Waals surface area contributed by atoms with Crippen molar-refractivity contribution >= 4 is 21.6 Å². The van der Waals surface area contributed by atoms with Crippen molar-refractivity contribution in [3.63, 3.8) is 0 Å². The molecular formula is C25H26N4O3S. The Bertz CT molecular complexity index is 1260. The lowest BCUT2D eigenvalue weighted by molar-refractivity contribution is 0.0733. The first kappa shape index (κ1) is 21.6. The molecule has 2 aliphatic rings. The van der Waals surface area contributed by atoms with Gasteiger partial charge in [-0.3, -0.25) is 9.10 Å². The predicted molar refractivity (Wildman–Crippen MR) is 127 cm³/mol. The van der Waals surface area contributed by atoms with Gasteiger partial charge in [0.1, 0.15) is 0 Å². The van der Waals surface area contributed by atoms with Gasteiger partial charge in [0.15, 0.2) is 5.82 Å².